The van der Waals surface area contributed by atoms with Gasteiger partial charge in [-0.15, -0.1) is 0 Å². The van der Waals surface area contributed by atoms with Gasteiger partial charge in [-0.05, 0) is 13.8 Å². The minimum atomic E-state index is -2.90. The van der Waals surface area contributed by atoms with Crippen LogP contribution in [0.25, 0.3) is 0 Å². The molecule has 4 nitrogen and oxygen atoms in total. The number of hydrogen-bond acceptors (Lipinski definition) is 4. The topological polar surface area (TPSA) is 55.7 Å². The average Bonchev–Trinajstić information content (AvgIpc) is 2.28. The largest absolute Gasteiger partial charge is 0.388 e. The molecule has 2 atom stereocenters. The van der Waals surface area contributed by atoms with E-state index in [-0.39, 0.29) is 17.4 Å². The van der Waals surface area contributed by atoms with E-state index in [2.05, 4.69) is 5.16 Å². The van der Waals surface area contributed by atoms with Gasteiger partial charge in [-0.25, -0.2) is 8.42 Å². The standard InChI is InChI=1S/C7H11NO3S/c1-5-6-3-12(9,10)4-7(6,2)11-8-5/h6H,3-4H2,1-2H3. The highest BCUT2D eigenvalue weighted by molar-refractivity contribution is 7.91. The maximum absolute atomic E-state index is 11.3. The van der Waals surface area contributed by atoms with E-state index in [0.717, 1.165) is 5.71 Å². The molecule has 0 aromatic rings. The lowest BCUT2D eigenvalue weighted by atomic mass is 9.90. The predicted octanol–water partition coefficient (Wildman–Crippen LogP) is 0.196. The van der Waals surface area contributed by atoms with Crippen molar-refractivity contribution in [2.45, 2.75) is 19.4 Å². The smallest absolute Gasteiger partial charge is 0.157 e. The first-order chi connectivity index (χ1) is 5.43. The number of sulfone groups is 1. The van der Waals surface area contributed by atoms with Gasteiger partial charge in [0.05, 0.1) is 23.1 Å². The first-order valence-corrected chi connectivity index (χ1v) is 5.68. The first-order valence-electron chi connectivity index (χ1n) is 3.86. The van der Waals surface area contributed by atoms with Gasteiger partial charge in [-0.2, -0.15) is 0 Å². The fourth-order valence-corrected chi connectivity index (χ4v) is 4.27. The van der Waals surface area contributed by atoms with Crippen LogP contribution in [-0.4, -0.2) is 31.2 Å². The molecule has 0 aromatic carbocycles. The second-order valence-corrected chi connectivity index (χ2v) is 5.85. The number of rotatable bonds is 0. The summed E-state index contributed by atoms with van der Waals surface area (Å²) in [6, 6.07) is 0. The summed E-state index contributed by atoms with van der Waals surface area (Å²) >= 11 is 0. The molecule has 0 bridgehead atoms. The van der Waals surface area contributed by atoms with Gasteiger partial charge in [0.15, 0.2) is 15.4 Å². The lowest BCUT2D eigenvalue weighted by molar-refractivity contribution is -0.000820. The Morgan fingerprint density at radius 2 is 2.33 bits per heavy atom. The minimum Gasteiger partial charge on any atom is -0.388 e. The molecule has 2 rings (SSSR count). The third kappa shape index (κ3) is 0.957. The van der Waals surface area contributed by atoms with Crippen molar-refractivity contribution in [1.82, 2.24) is 0 Å². The van der Waals surface area contributed by atoms with Crippen LogP contribution in [0.5, 0.6) is 0 Å². The Morgan fingerprint density at radius 3 is 2.92 bits per heavy atom. The summed E-state index contributed by atoms with van der Waals surface area (Å²) in [4.78, 5) is 5.12. The second-order valence-electron chi connectivity index (χ2n) is 3.74. The van der Waals surface area contributed by atoms with Gasteiger partial charge in [-0.3, -0.25) is 0 Å². The fraction of sp³-hybridized carbons (Fsp3) is 0.857. The van der Waals surface area contributed by atoms with Crippen LogP contribution in [0.15, 0.2) is 5.16 Å². The zero-order valence-corrected chi connectivity index (χ0v) is 7.89. The average molecular weight is 189 g/mol. The van der Waals surface area contributed by atoms with Crippen LogP contribution in [0.3, 0.4) is 0 Å². The molecule has 0 N–H and O–H groups in total. The summed E-state index contributed by atoms with van der Waals surface area (Å²) in [5.41, 5.74) is 0.224. The molecule has 2 heterocycles. The third-order valence-corrected chi connectivity index (χ3v) is 4.42. The molecule has 12 heavy (non-hydrogen) atoms. The van der Waals surface area contributed by atoms with Crippen molar-refractivity contribution in [3.05, 3.63) is 0 Å². The van der Waals surface area contributed by atoms with Crippen molar-refractivity contribution >= 4 is 15.5 Å². The Kier molecular flexibility index (Phi) is 1.35. The van der Waals surface area contributed by atoms with Gasteiger partial charge in [0, 0.05) is 0 Å². The molecule has 0 spiro atoms. The van der Waals surface area contributed by atoms with Gasteiger partial charge in [0.25, 0.3) is 0 Å². The Hall–Kier alpha value is -0.580. The quantitative estimate of drug-likeness (QED) is 0.547. The van der Waals surface area contributed by atoms with Crippen molar-refractivity contribution in [1.29, 1.82) is 0 Å². The normalized spacial score (nSPS) is 43.5. The van der Waals surface area contributed by atoms with Gasteiger partial charge in [0.1, 0.15) is 0 Å². The van der Waals surface area contributed by atoms with Crippen LogP contribution in [0.4, 0.5) is 0 Å². The van der Waals surface area contributed by atoms with E-state index in [1.807, 2.05) is 13.8 Å². The van der Waals surface area contributed by atoms with E-state index in [1.165, 1.54) is 0 Å². The van der Waals surface area contributed by atoms with Gasteiger partial charge in [0.2, 0.25) is 0 Å². The lowest BCUT2D eigenvalue weighted by Crippen LogP contribution is -2.33. The molecule has 0 saturated carbocycles. The summed E-state index contributed by atoms with van der Waals surface area (Å²) in [5, 5.41) is 3.81. The summed E-state index contributed by atoms with van der Waals surface area (Å²) in [6.07, 6.45) is 0. The summed E-state index contributed by atoms with van der Waals surface area (Å²) in [5.74, 6) is 0.271. The molecule has 0 radical (unpaired) electrons. The van der Waals surface area contributed by atoms with Crippen molar-refractivity contribution in [3.8, 4) is 0 Å². The van der Waals surface area contributed by atoms with Gasteiger partial charge in [-0.1, -0.05) is 5.16 Å². The minimum absolute atomic E-state index is 0.0255. The van der Waals surface area contributed by atoms with Crippen molar-refractivity contribution in [2.24, 2.45) is 11.1 Å². The van der Waals surface area contributed by atoms with Gasteiger partial charge >= 0.3 is 0 Å². The molecule has 1 fully saturated rings. The second kappa shape index (κ2) is 2.02. The number of oxime groups is 1. The van der Waals surface area contributed by atoms with Crippen LogP contribution in [0.1, 0.15) is 13.8 Å². The van der Waals surface area contributed by atoms with Crippen LogP contribution in [-0.2, 0) is 14.7 Å². The van der Waals surface area contributed by atoms with E-state index in [9.17, 15) is 8.42 Å². The highest BCUT2D eigenvalue weighted by atomic mass is 32.2. The molecular weight excluding hydrogens is 178 g/mol. The van der Waals surface area contributed by atoms with Crippen LogP contribution in [0, 0.1) is 5.92 Å². The Labute approximate surface area is 71.5 Å². The molecule has 2 aliphatic rings. The molecular formula is C7H11NO3S. The van der Waals surface area contributed by atoms with Crippen LogP contribution in [0.2, 0.25) is 0 Å². The fourth-order valence-electron chi connectivity index (χ4n) is 1.92. The maximum atomic E-state index is 11.3. The zero-order valence-electron chi connectivity index (χ0n) is 7.07. The Balaban J connectivity index is 2.40. The number of hydrogen-bond donors (Lipinski definition) is 0. The number of fused-ring (bicyclic) bond motifs is 1. The maximum Gasteiger partial charge on any atom is 0.157 e. The van der Waals surface area contributed by atoms with E-state index < -0.39 is 15.4 Å². The highest BCUT2D eigenvalue weighted by Gasteiger charge is 2.54. The van der Waals surface area contributed by atoms with Crippen molar-refractivity contribution in [2.75, 3.05) is 11.5 Å². The van der Waals surface area contributed by atoms with E-state index in [0.29, 0.717) is 0 Å². The Morgan fingerprint density at radius 1 is 1.67 bits per heavy atom. The van der Waals surface area contributed by atoms with E-state index >= 15 is 0 Å². The zero-order chi connectivity index (χ0) is 8.98. The van der Waals surface area contributed by atoms with E-state index in [1.54, 1.807) is 0 Å². The molecule has 1 saturated heterocycles. The predicted molar refractivity (Wildman–Crippen MR) is 44.7 cm³/mol. The third-order valence-electron chi connectivity index (χ3n) is 2.57. The molecule has 0 amide bonds. The summed E-state index contributed by atoms with van der Waals surface area (Å²) in [7, 11) is -2.90. The monoisotopic (exact) mass is 189 g/mol. The molecule has 0 aliphatic carbocycles. The molecule has 2 aliphatic heterocycles. The Bertz CT molecular complexity index is 346. The molecule has 68 valence electrons. The summed E-state index contributed by atoms with van der Waals surface area (Å²) in [6.45, 7) is 3.62. The lowest BCUT2D eigenvalue weighted by Gasteiger charge is -2.18. The van der Waals surface area contributed by atoms with Crippen molar-refractivity contribution < 1.29 is 13.3 Å². The molecule has 2 unspecified atom stereocenters. The van der Waals surface area contributed by atoms with Crippen LogP contribution >= 0.6 is 0 Å². The first kappa shape index (κ1) is 8.04. The van der Waals surface area contributed by atoms with Crippen molar-refractivity contribution in [3.63, 3.8) is 0 Å². The van der Waals surface area contributed by atoms with E-state index in [4.69, 9.17) is 4.84 Å². The number of nitrogens with zero attached hydrogens (tertiary/aromatic N) is 1. The SMILES string of the molecule is CC1=NOC2(C)CS(=O)(=O)CC12. The van der Waals surface area contributed by atoms with Gasteiger partial charge < -0.3 is 4.84 Å². The highest BCUT2D eigenvalue weighted by Crippen LogP contribution is 2.38. The molecule has 0 aromatic heterocycles. The molecule has 5 heteroatoms. The van der Waals surface area contributed by atoms with Crippen LogP contribution < -0.4 is 0 Å². The summed E-state index contributed by atoms with van der Waals surface area (Å²) < 4.78 is 22.5.